The van der Waals surface area contributed by atoms with Crippen molar-refractivity contribution < 1.29 is 22.7 Å². The molecule has 0 spiro atoms. The van der Waals surface area contributed by atoms with Crippen molar-refractivity contribution in [1.82, 2.24) is 9.88 Å². The van der Waals surface area contributed by atoms with E-state index in [9.17, 15) is 13.2 Å². The molecule has 4 aromatic rings. The van der Waals surface area contributed by atoms with Crippen LogP contribution in [0, 0.1) is 0 Å². The lowest BCUT2D eigenvalue weighted by Gasteiger charge is -2.24. The maximum absolute atomic E-state index is 13.3. The molecule has 0 bridgehead atoms. The van der Waals surface area contributed by atoms with Gasteiger partial charge >= 0.3 is 6.03 Å². The van der Waals surface area contributed by atoms with Gasteiger partial charge in [-0.15, -0.1) is 0 Å². The van der Waals surface area contributed by atoms with Crippen molar-refractivity contribution in [2.75, 3.05) is 41.8 Å². The van der Waals surface area contributed by atoms with Crippen LogP contribution in [0.3, 0.4) is 0 Å². The highest BCUT2D eigenvalue weighted by Gasteiger charge is 2.22. The third-order valence-corrected chi connectivity index (χ3v) is 7.72. The van der Waals surface area contributed by atoms with E-state index in [4.69, 9.17) is 9.47 Å². The van der Waals surface area contributed by atoms with Gasteiger partial charge in [0.2, 0.25) is 10.0 Å². The summed E-state index contributed by atoms with van der Waals surface area (Å²) in [6, 6.07) is 18.0. The highest BCUT2D eigenvalue weighted by atomic mass is 32.2. The molecule has 3 N–H and O–H groups in total. The van der Waals surface area contributed by atoms with Gasteiger partial charge in [-0.25, -0.2) is 13.2 Å². The summed E-state index contributed by atoms with van der Waals surface area (Å²) in [6.07, 6.45) is 2.81. The van der Waals surface area contributed by atoms with Gasteiger partial charge in [0, 0.05) is 29.6 Å². The van der Waals surface area contributed by atoms with E-state index in [2.05, 4.69) is 39.1 Å². The number of fused-ring (bicyclic) bond motifs is 1. The monoisotopic (exact) mass is 619 g/mol. The lowest BCUT2D eigenvalue weighted by Crippen LogP contribution is -2.22. The second kappa shape index (κ2) is 13.5. The third-order valence-electron chi connectivity index (χ3n) is 7.13. The van der Waals surface area contributed by atoms with Crippen LogP contribution in [0.1, 0.15) is 45.9 Å². The average molecular weight is 620 g/mol. The first-order valence-corrected chi connectivity index (χ1v) is 16.4. The highest BCUT2D eigenvalue weighted by Crippen LogP contribution is 2.40. The van der Waals surface area contributed by atoms with Gasteiger partial charge in [0.25, 0.3) is 0 Å². The number of carbonyl (C=O) groups is 1. The van der Waals surface area contributed by atoms with Gasteiger partial charge < -0.3 is 20.1 Å². The number of amides is 2. The number of hydrogen-bond donors (Lipinski definition) is 3. The predicted molar refractivity (Wildman–Crippen MR) is 178 cm³/mol. The lowest BCUT2D eigenvalue weighted by molar-refractivity contribution is 0.262. The third kappa shape index (κ3) is 8.18. The minimum atomic E-state index is -3.60. The number of hydrogen-bond acceptors (Lipinski definition) is 7. The smallest absolute Gasteiger partial charge is 0.323 e. The number of aromatic nitrogens is 1. The molecule has 10 nitrogen and oxygen atoms in total. The second-order valence-corrected chi connectivity index (χ2v) is 13.3. The Bertz CT molecular complexity index is 1750. The van der Waals surface area contributed by atoms with Crippen molar-refractivity contribution in [1.29, 1.82) is 0 Å². The van der Waals surface area contributed by atoms with E-state index >= 15 is 0 Å². The summed E-state index contributed by atoms with van der Waals surface area (Å²) in [5.41, 5.74) is 2.53. The molecule has 0 atom stereocenters. The molecular weight excluding hydrogens is 578 g/mol. The van der Waals surface area contributed by atoms with Gasteiger partial charge in [0.1, 0.15) is 11.5 Å². The van der Waals surface area contributed by atoms with Crippen molar-refractivity contribution in [3.8, 4) is 17.2 Å². The van der Waals surface area contributed by atoms with Gasteiger partial charge in [-0.2, -0.15) is 0 Å². The zero-order valence-corrected chi connectivity index (χ0v) is 27.1. The number of methoxy groups -OCH3 is 1. The number of nitrogens with zero attached hydrogens (tertiary/aromatic N) is 2. The molecule has 0 saturated carbocycles. The molecule has 234 valence electrons. The number of ether oxygens (including phenoxy) is 2. The number of nitrogens with one attached hydrogen (secondary N) is 3. The highest BCUT2D eigenvalue weighted by molar-refractivity contribution is 7.92. The van der Waals surface area contributed by atoms with E-state index in [0.717, 1.165) is 47.9 Å². The van der Waals surface area contributed by atoms with E-state index in [1.807, 2.05) is 63.2 Å². The Morgan fingerprint density at radius 2 is 1.57 bits per heavy atom. The van der Waals surface area contributed by atoms with Crippen LogP contribution in [0.2, 0.25) is 0 Å². The molecule has 0 aliphatic rings. The minimum absolute atomic E-state index is 0.199. The average Bonchev–Trinajstić information content (AvgIpc) is 2.96. The number of rotatable bonds is 11. The molecule has 4 rings (SSSR count). The summed E-state index contributed by atoms with van der Waals surface area (Å²) in [5, 5.41) is 7.38. The Kier molecular flexibility index (Phi) is 10.0. The van der Waals surface area contributed by atoms with Crippen LogP contribution >= 0.6 is 0 Å². The van der Waals surface area contributed by atoms with Crippen molar-refractivity contribution in [2.45, 2.75) is 46.6 Å². The van der Waals surface area contributed by atoms with Crippen LogP contribution in [-0.4, -0.2) is 50.8 Å². The molecule has 44 heavy (non-hydrogen) atoms. The van der Waals surface area contributed by atoms with Crippen LogP contribution in [-0.2, 0) is 22.0 Å². The SMILES string of the molecule is CCN(CC)Cc1cc(Oc2ccc(NC(=O)Nc3cc(C(C)(C)C)cc(NS(C)(=O)=O)c3OC)c3ccccc23)ccn1. The number of pyridine rings is 1. The molecule has 11 heteroatoms. The van der Waals surface area contributed by atoms with Crippen LogP contribution in [0.5, 0.6) is 17.2 Å². The summed E-state index contributed by atoms with van der Waals surface area (Å²) in [5.74, 6) is 1.52. The number of anilines is 3. The van der Waals surface area contributed by atoms with Crippen LogP contribution in [0.15, 0.2) is 66.9 Å². The summed E-state index contributed by atoms with van der Waals surface area (Å²) in [7, 11) is -2.18. The van der Waals surface area contributed by atoms with E-state index in [1.165, 1.54) is 7.11 Å². The largest absolute Gasteiger partial charge is 0.492 e. The van der Waals surface area contributed by atoms with Gasteiger partial charge in [-0.05, 0) is 54.4 Å². The van der Waals surface area contributed by atoms with Crippen LogP contribution in [0.25, 0.3) is 10.8 Å². The Morgan fingerprint density at radius 3 is 2.20 bits per heavy atom. The molecular formula is C33H41N5O5S. The Morgan fingerprint density at radius 1 is 0.909 bits per heavy atom. The van der Waals surface area contributed by atoms with E-state index < -0.39 is 16.1 Å². The fourth-order valence-electron chi connectivity index (χ4n) is 4.80. The van der Waals surface area contributed by atoms with Crippen molar-refractivity contribution in [2.24, 2.45) is 0 Å². The topological polar surface area (TPSA) is 122 Å². The lowest BCUT2D eigenvalue weighted by atomic mass is 9.86. The first kappa shape index (κ1) is 32.6. The maximum Gasteiger partial charge on any atom is 0.323 e. The fourth-order valence-corrected chi connectivity index (χ4v) is 5.36. The molecule has 0 aliphatic heterocycles. The molecule has 0 fully saturated rings. The molecule has 0 saturated heterocycles. The molecule has 1 aromatic heterocycles. The number of sulfonamides is 1. The van der Waals surface area contributed by atoms with Crippen LogP contribution < -0.4 is 24.8 Å². The number of urea groups is 1. The molecule has 0 radical (unpaired) electrons. The van der Waals surface area contributed by atoms with Crippen molar-refractivity contribution in [3.63, 3.8) is 0 Å². The maximum atomic E-state index is 13.3. The van der Waals surface area contributed by atoms with E-state index in [-0.39, 0.29) is 16.9 Å². The number of carbonyl (C=O) groups excluding carboxylic acids is 1. The molecule has 2 amide bonds. The molecule has 1 heterocycles. The standard InChI is InChI=1S/C33H41N5O5S/c1-8-38(9-2)21-23-20-24(16-17-34-23)43-30-15-14-27(25-12-10-11-13-26(25)30)35-32(39)36-28-18-22(33(3,4)5)19-29(31(28)42-6)37-44(7,40)41/h10-20,37H,8-9,21H2,1-7H3,(H2,35,36,39). The Labute approximate surface area is 259 Å². The first-order chi connectivity index (χ1) is 20.8. The summed E-state index contributed by atoms with van der Waals surface area (Å²) in [6.45, 7) is 12.8. The molecule has 3 aromatic carbocycles. The van der Waals surface area contributed by atoms with Crippen molar-refractivity contribution in [3.05, 3.63) is 78.1 Å². The van der Waals surface area contributed by atoms with E-state index in [1.54, 1.807) is 24.4 Å². The Balaban J connectivity index is 1.62. The summed E-state index contributed by atoms with van der Waals surface area (Å²) < 4.78 is 38.5. The van der Waals surface area contributed by atoms with E-state index in [0.29, 0.717) is 22.9 Å². The first-order valence-electron chi connectivity index (χ1n) is 14.5. The van der Waals surface area contributed by atoms with Crippen molar-refractivity contribution >= 4 is 43.9 Å². The summed E-state index contributed by atoms with van der Waals surface area (Å²) in [4.78, 5) is 20.1. The van der Waals surface area contributed by atoms with Gasteiger partial charge in [-0.1, -0.05) is 58.9 Å². The quantitative estimate of drug-likeness (QED) is 0.162. The van der Waals surface area contributed by atoms with Gasteiger partial charge in [0.05, 0.1) is 36.1 Å². The zero-order chi connectivity index (χ0) is 32.1. The van der Waals surface area contributed by atoms with Gasteiger partial charge in [-0.3, -0.25) is 14.6 Å². The van der Waals surface area contributed by atoms with Crippen LogP contribution in [0.4, 0.5) is 21.9 Å². The molecule has 0 aliphatic carbocycles. The van der Waals surface area contributed by atoms with Gasteiger partial charge in [0.15, 0.2) is 5.75 Å². The fraction of sp³-hybridized carbons (Fsp3) is 0.333. The summed E-state index contributed by atoms with van der Waals surface area (Å²) >= 11 is 0. The zero-order valence-electron chi connectivity index (χ0n) is 26.3. The minimum Gasteiger partial charge on any atom is -0.492 e. The number of benzene rings is 3. The second-order valence-electron chi connectivity index (χ2n) is 11.5. The normalized spacial score (nSPS) is 11.8. The Hall–Kier alpha value is -4.35. The molecule has 0 unspecified atom stereocenters. The predicted octanol–water partition coefficient (Wildman–Crippen LogP) is 7.19.